The Hall–Kier alpha value is -2.89. The molecule has 0 aliphatic heterocycles. The Morgan fingerprint density at radius 1 is 1.00 bits per heavy atom. The van der Waals surface area contributed by atoms with Crippen LogP contribution in [0.5, 0.6) is 0 Å². The first kappa shape index (κ1) is 13.1. The van der Waals surface area contributed by atoms with Crippen LogP contribution in [0.25, 0.3) is 10.9 Å². The summed E-state index contributed by atoms with van der Waals surface area (Å²) >= 11 is 0. The van der Waals surface area contributed by atoms with E-state index in [4.69, 9.17) is 11.5 Å². The van der Waals surface area contributed by atoms with Crippen molar-refractivity contribution in [2.24, 2.45) is 0 Å². The Kier molecular flexibility index (Phi) is 3.27. The lowest BCUT2D eigenvalue weighted by atomic mass is 10.2. The van der Waals surface area contributed by atoms with Crippen LogP contribution >= 0.6 is 0 Å². The molecule has 3 aromatic rings. The summed E-state index contributed by atoms with van der Waals surface area (Å²) in [6.07, 6.45) is 0. The number of nitrogen functional groups attached to an aromatic ring is 2. The molecule has 0 spiro atoms. The molecule has 1 heterocycles. The zero-order chi connectivity index (χ0) is 14.8. The van der Waals surface area contributed by atoms with Crippen LogP contribution in [-0.2, 0) is 6.54 Å². The number of anilines is 3. The van der Waals surface area contributed by atoms with Crippen LogP contribution in [0.3, 0.4) is 0 Å². The molecule has 0 atom stereocenters. The Bertz CT molecular complexity index is 786. The summed E-state index contributed by atoms with van der Waals surface area (Å²) < 4.78 is 12.8. The quantitative estimate of drug-likeness (QED) is 0.687. The summed E-state index contributed by atoms with van der Waals surface area (Å²) in [7, 11) is 0. The number of nitrogens with one attached hydrogen (secondary N) is 1. The second-order valence-corrected chi connectivity index (χ2v) is 4.68. The van der Waals surface area contributed by atoms with Gasteiger partial charge in [0, 0.05) is 17.6 Å². The molecule has 0 saturated heterocycles. The second-order valence-electron chi connectivity index (χ2n) is 4.68. The predicted molar refractivity (Wildman–Crippen MR) is 82.1 cm³/mol. The fraction of sp³-hybridized carbons (Fsp3) is 0.0667. The molecule has 0 bridgehead atoms. The summed E-state index contributed by atoms with van der Waals surface area (Å²) in [5.74, 6) is 0.269. The molecule has 0 radical (unpaired) electrons. The molecule has 6 heteroatoms. The smallest absolute Gasteiger partial charge is 0.222 e. The van der Waals surface area contributed by atoms with Crippen LogP contribution in [0.4, 0.5) is 21.8 Å². The maximum atomic E-state index is 12.8. The molecular weight excluding hydrogens is 269 g/mol. The lowest BCUT2D eigenvalue weighted by Gasteiger charge is -2.08. The molecule has 1 aromatic heterocycles. The largest absolute Gasteiger partial charge is 0.383 e. The summed E-state index contributed by atoms with van der Waals surface area (Å²) in [5, 5.41) is 4.01. The third-order valence-corrected chi connectivity index (χ3v) is 3.15. The van der Waals surface area contributed by atoms with Gasteiger partial charge in [0.05, 0.1) is 5.52 Å². The number of benzene rings is 2. The molecule has 3 rings (SSSR count). The summed E-state index contributed by atoms with van der Waals surface area (Å²) in [5.41, 5.74) is 13.9. The fourth-order valence-corrected chi connectivity index (χ4v) is 2.09. The van der Waals surface area contributed by atoms with Crippen molar-refractivity contribution in [2.75, 3.05) is 16.8 Å². The lowest BCUT2D eigenvalue weighted by molar-refractivity contribution is 0.627. The van der Waals surface area contributed by atoms with Crippen molar-refractivity contribution in [1.29, 1.82) is 0 Å². The first-order chi connectivity index (χ1) is 10.1. The van der Waals surface area contributed by atoms with Gasteiger partial charge in [-0.1, -0.05) is 12.1 Å². The minimum Gasteiger partial charge on any atom is -0.383 e. The average Bonchev–Trinajstić information content (AvgIpc) is 2.46. The van der Waals surface area contributed by atoms with Gasteiger partial charge in [0.15, 0.2) is 0 Å². The van der Waals surface area contributed by atoms with Crippen molar-refractivity contribution in [1.82, 2.24) is 9.97 Å². The van der Waals surface area contributed by atoms with Gasteiger partial charge < -0.3 is 16.8 Å². The van der Waals surface area contributed by atoms with Crippen molar-refractivity contribution in [3.05, 3.63) is 53.8 Å². The Balaban J connectivity index is 1.82. The van der Waals surface area contributed by atoms with Crippen molar-refractivity contribution in [2.45, 2.75) is 6.54 Å². The summed E-state index contributed by atoms with van der Waals surface area (Å²) in [6.45, 7) is 0.585. The third-order valence-electron chi connectivity index (χ3n) is 3.15. The van der Waals surface area contributed by atoms with E-state index in [1.807, 2.05) is 18.2 Å². The van der Waals surface area contributed by atoms with E-state index in [-0.39, 0.29) is 11.8 Å². The summed E-state index contributed by atoms with van der Waals surface area (Å²) in [4.78, 5) is 8.08. The van der Waals surface area contributed by atoms with Gasteiger partial charge in [0.2, 0.25) is 5.95 Å². The second kappa shape index (κ2) is 5.24. The predicted octanol–water partition coefficient (Wildman–Crippen LogP) is 2.55. The zero-order valence-electron chi connectivity index (χ0n) is 11.2. The number of rotatable bonds is 3. The highest BCUT2D eigenvalue weighted by molar-refractivity contribution is 5.91. The Morgan fingerprint density at radius 3 is 2.52 bits per heavy atom. The van der Waals surface area contributed by atoms with Crippen LogP contribution in [-0.4, -0.2) is 9.97 Å². The molecule has 106 valence electrons. The number of nitrogens with two attached hydrogens (primary N) is 2. The molecule has 5 N–H and O–H groups in total. The van der Waals surface area contributed by atoms with Gasteiger partial charge in [0.1, 0.15) is 11.6 Å². The maximum absolute atomic E-state index is 12.8. The topological polar surface area (TPSA) is 89.8 Å². The molecule has 0 fully saturated rings. The average molecular weight is 283 g/mol. The minimum absolute atomic E-state index is 0.149. The first-order valence-corrected chi connectivity index (χ1v) is 6.43. The molecule has 5 nitrogen and oxygen atoms in total. The van der Waals surface area contributed by atoms with Gasteiger partial charge in [-0.3, -0.25) is 0 Å². The lowest BCUT2D eigenvalue weighted by Crippen LogP contribution is -2.02. The number of hydrogen-bond acceptors (Lipinski definition) is 5. The van der Waals surface area contributed by atoms with Gasteiger partial charge in [-0.05, 0) is 35.9 Å². The fourth-order valence-electron chi connectivity index (χ4n) is 2.09. The van der Waals surface area contributed by atoms with E-state index in [0.29, 0.717) is 17.9 Å². The summed E-state index contributed by atoms with van der Waals surface area (Å²) in [6, 6.07) is 11.9. The molecular formula is C15H14FN5. The number of nitrogens with zero attached hydrogens (tertiary/aromatic N) is 2. The van der Waals surface area contributed by atoms with Crippen molar-refractivity contribution in [3.63, 3.8) is 0 Å². The minimum atomic E-state index is -0.243. The monoisotopic (exact) mass is 283 g/mol. The zero-order valence-corrected chi connectivity index (χ0v) is 11.2. The van der Waals surface area contributed by atoms with E-state index in [2.05, 4.69) is 15.3 Å². The van der Waals surface area contributed by atoms with Gasteiger partial charge in [-0.2, -0.15) is 4.98 Å². The van der Waals surface area contributed by atoms with Crippen molar-refractivity contribution >= 4 is 28.4 Å². The SMILES string of the molecule is Nc1nc(N)c2ccc(NCc3ccc(F)cc3)cc2n1. The third kappa shape index (κ3) is 2.84. The van der Waals surface area contributed by atoms with E-state index in [9.17, 15) is 4.39 Å². The van der Waals surface area contributed by atoms with Crippen molar-refractivity contribution in [3.8, 4) is 0 Å². The Labute approximate surface area is 120 Å². The number of fused-ring (bicyclic) bond motifs is 1. The molecule has 0 aliphatic rings. The van der Waals surface area contributed by atoms with Crippen LogP contribution in [0.15, 0.2) is 42.5 Å². The highest BCUT2D eigenvalue weighted by Gasteiger charge is 2.04. The van der Waals surface area contributed by atoms with Crippen LogP contribution in [0, 0.1) is 5.82 Å². The van der Waals surface area contributed by atoms with Gasteiger partial charge >= 0.3 is 0 Å². The maximum Gasteiger partial charge on any atom is 0.222 e. The van der Waals surface area contributed by atoms with Crippen molar-refractivity contribution < 1.29 is 4.39 Å². The normalized spacial score (nSPS) is 10.7. The van der Waals surface area contributed by atoms with Crippen LogP contribution < -0.4 is 16.8 Å². The molecule has 0 saturated carbocycles. The molecule has 0 amide bonds. The standard InChI is InChI=1S/C15H14FN5/c16-10-3-1-9(2-4-10)8-19-11-5-6-12-13(7-11)20-15(18)21-14(12)17/h1-7,19H,8H2,(H4,17,18,20,21). The van der Waals surface area contributed by atoms with Gasteiger partial charge in [-0.25, -0.2) is 9.37 Å². The van der Waals surface area contributed by atoms with E-state index in [1.54, 1.807) is 12.1 Å². The van der Waals surface area contributed by atoms with E-state index in [1.165, 1.54) is 12.1 Å². The molecule has 21 heavy (non-hydrogen) atoms. The van der Waals surface area contributed by atoms with E-state index in [0.717, 1.165) is 16.6 Å². The number of hydrogen-bond donors (Lipinski definition) is 3. The van der Waals surface area contributed by atoms with Gasteiger partial charge in [-0.15, -0.1) is 0 Å². The highest BCUT2D eigenvalue weighted by Crippen LogP contribution is 2.22. The highest BCUT2D eigenvalue weighted by atomic mass is 19.1. The number of halogens is 1. The number of aromatic nitrogens is 2. The van der Waals surface area contributed by atoms with E-state index < -0.39 is 0 Å². The van der Waals surface area contributed by atoms with Gasteiger partial charge in [0.25, 0.3) is 0 Å². The first-order valence-electron chi connectivity index (χ1n) is 6.43. The molecule has 0 unspecified atom stereocenters. The molecule has 0 aliphatic carbocycles. The van der Waals surface area contributed by atoms with Crippen LogP contribution in [0.1, 0.15) is 5.56 Å². The Morgan fingerprint density at radius 2 is 1.76 bits per heavy atom. The van der Waals surface area contributed by atoms with Crippen LogP contribution in [0.2, 0.25) is 0 Å². The molecule has 2 aromatic carbocycles. The van der Waals surface area contributed by atoms with E-state index >= 15 is 0 Å².